The summed E-state index contributed by atoms with van der Waals surface area (Å²) in [5.74, 6) is -0.111. The van der Waals surface area contributed by atoms with Gasteiger partial charge in [0.25, 0.3) is 5.91 Å². The third-order valence-electron chi connectivity index (χ3n) is 3.05. The minimum absolute atomic E-state index is 0.225. The smallest absolute Gasteiger partial charge is 0.252 e. The summed E-state index contributed by atoms with van der Waals surface area (Å²) in [6.07, 6.45) is 0. The van der Waals surface area contributed by atoms with E-state index in [9.17, 15) is 9.59 Å². The Bertz CT molecular complexity index is 731. The average molecular weight is 364 g/mol. The molecule has 0 aliphatic rings. The maximum Gasteiger partial charge on any atom is 0.252 e. The Labute approximate surface area is 148 Å². The summed E-state index contributed by atoms with van der Waals surface area (Å²) in [7, 11) is 0. The fraction of sp³-hybridized carbons (Fsp3) is 0.286. The first-order valence-corrected chi connectivity index (χ1v) is 8.24. The number of aromatic amines is 1. The summed E-state index contributed by atoms with van der Waals surface area (Å²) in [5.41, 5.74) is 11.7. The number of H-pyrrole nitrogens is 1. The van der Waals surface area contributed by atoms with Gasteiger partial charge in [0.15, 0.2) is 0 Å². The second-order valence-electron chi connectivity index (χ2n) is 5.28. The summed E-state index contributed by atoms with van der Waals surface area (Å²) < 4.78 is 2.67. The van der Waals surface area contributed by atoms with E-state index < -0.39 is 12.1 Å². The Kier molecular flexibility index (Phi) is 6.19. The topological polar surface area (TPSA) is 164 Å². The Morgan fingerprint density at radius 1 is 1.20 bits per heavy atom. The number of benzene rings is 1. The third kappa shape index (κ3) is 5.65. The fourth-order valence-corrected chi connectivity index (χ4v) is 2.34. The lowest BCUT2D eigenvalue weighted by atomic mass is 10.3. The van der Waals surface area contributed by atoms with E-state index in [1.54, 1.807) is 13.8 Å². The summed E-state index contributed by atoms with van der Waals surface area (Å²) in [6, 6.07) is 5.90. The molecule has 2 aromatic rings. The molecule has 1 aromatic carbocycles. The minimum Gasteiger partial charge on any atom is -0.368 e. The van der Waals surface area contributed by atoms with E-state index in [0.717, 1.165) is 22.5 Å². The number of hydrogen-bond acceptors (Lipinski definition) is 8. The fourth-order valence-electron chi connectivity index (χ4n) is 1.67. The van der Waals surface area contributed by atoms with Crippen molar-refractivity contribution in [3.05, 3.63) is 24.3 Å². The molecular formula is C14H20N8O2S. The summed E-state index contributed by atoms with van der Waals surface area (Å²) >= 11 is 1.14. The Hall–Kier alpha value is -2.79. The largest absolute Gasteiger partial charge is 0.368 e. The highest BCUT2D eigenvalue weighted by Crippen LogP contribution is 2.19. The van der Waals surface area contributed by atoms with Gasteiger partial charge in [-0.3, -0.25) is 14.3 Å². The molecule has 8 N–H and O–H groups in total. The van der Waals surface area contributed by atoms with Crippen LogP contribution in [-0.2, 0) is 9.59 Å². The van der Waals surface area contributed by atoms with Crippen molar-refractivity contribution in [3.63, 3.8) is 0 Å². The van der Waals surface area contributed by atoms with Crippen LogP contribution >= 0.6 is 11.9 Å². The number of carbonyl (C=O) groups is 2. The molecule has 1 heterocycles. The van der Waals surface area contributed by atoms with Crippen LogP contribution in [0, 0.1) is 0 Å². The summed E-state index contributed by atoms with van der Waals surface area (Å²) in [6.45, 7) is 3.14. The van der Waals surface area contributed by atoms with Crippen molar-refractivity contribution >= 4 is 41.3 Å². The molecule has 0 spiro atoms. The van der Waals surface area contributed by atoms with Crippen LogP contribution in [0.4, 0.5) is 17.6 Å². The minimum atomic E-state index is -0.678. The highest BCUT2D eigenvalue weighted by molar-refractivity contribution is 7.98. The van der Waals surface area contributed by atoms with Gasteiger partial charge >= 0.3 is 0 Å². The van der Waals surface area contributed by atoms with E-state index in [4.69, 9.17) is 11.5 Å². The van der Waals surface area contributed by atoms with Crippen molar-refractivity contribution in [2.24, 2.45) is 5.73 Å². The number of anilines is 3. The molecule has 134 valence electrons. The molecule has 0 saturated carbocycles. The van der Waals surface area contributed by atoms with E-state index in [1.165, 1.54) is 0 Å². The number of amides is 2. The first kappa shape index (κ1) is 18.5. The zero-order chi connectivity index (χ0) is 18.4. The van der Waals surface area contributed by atoms with Gasteiger partial charge in [-0.2, -0.15) is 4.98 Å². The van der Waals surface area contributed by atoms with Crippen LogP contribution in [0.5, 0.6) is 0 Å². The summed E-state index contributed by atoms with van der Waals surface area (Å²) in [4.78, 5) is 28.2. The van der Waals surface area contributed by atoms with Crippen molar-refractivity contribution in [2.75, 3.05) is 11.1 Å². The van der Waals surface area contributed by atoms with Crippen LogP contribution in [0.2, 0.25) is 0 Å². The number of nitrogens with two attached hydrogens (primary N) is 2. The Morgan fingerprint density at radius 2 is 1.88 bits per heavy atom. The second-order valence-corrected chi connectivity index (χ2v) is 6.16. The Morgan fingerprint density at radius 3 is 2.44 bits per heavy atom. The zero-order valence-electron chi connectivity index (χ0n) is 13.7. The molecule has 25 heavy (non-hydrogen) atoms. The number of hydrogen-bond donors (Lipinski definition) is 6. The first-order chi connectivity index (χ1) is 11.8. The molecule has 0 aliphatic carbocycles. The van der Waals surface area contributed by atoms with E-state index in [0.29, 0.717) is 5.95 Å². The highest BCUT2D eigenvalue weighted by Gasteiger charge is 2.17. The quantitative estimate of drug-likeness (QED) is 0.377. The predicted octanol–water partition coefficient (Wildman–Crippen LogP) is 0.106. The molecule has 0 saturated heterocycles. The number of carbonyl (C=O) groups excluding carboxylic acids is 2. The van der Waals surface area contributed by atoms with Crippen molar-refractivity contribution in [2.45, 2.75) is 30.8 Å². The lowest BCUT2D eigenvalue weighted by molar-refractivity contribution is -0.128. The highest BCUT2D eigenvalue weighted by atomic mass is 32.2. The molecule has 0 aliphatic heterocycles. The first-order valence-electron chi connectivity index (χ1n) is 7.43. The van der Waals surface area contributed by atoms with E-state index in [-0.39, 0.29) is 17.8 Å². The van der Waals surface area contributed by atoms with Gasteiger partial charge in [-0.25, -0.2) is 5.10 Å². The van der Waals surface area contributed by atoms with Crippen molar-refractivity contribution < 1.29 is 9.59 Å². The lowest BCUT2D eigenvalue weighted by Crippen LogP contribution is -2.48. The molecular weight excluding hydrogens is 344 g/mol. The van der Waals surface area contributed by atoms with Gasteiger partial charge in [0.05, 0.1) is 6.04 Å². The van der Waals surface area contributed by atoms with Crippen molar-refractivity contribution in [3.8, 4) is 0 Å². The monoisotopic (exact) mass is 364 g/mol. The molecule has 2 rings (SSSR count). The molecule has 0 radical (unpaired) electrons. The maximum absolute atomic E-state index is 12.0. The number of rotatable bonds is 7. The molecule has 1 unspecified atom stereocenters. The molecule has 0 fully saturated rings. The molecule has 2 amide bonds. The van der Waals surface area contributed by atoms with Gasteiger partial charge in [0.1, 0.15) is 6.04 Å². The van der Waals surface area contributed by atoms with Gasteiger partial charge in [-0.15, -0.1) is 5.10 Å². The van der Waals surface area contributed by atoms with Crippen LogP contribution in [-0.4, -0.2) is 39.1 Å². The van der Waals surface area contributed by atoms with Crippen LogP contribution in [0.1, 0.15) is 13.8 Å². The summed E-state index contributed by atoms with van der Waals surface area (Å²) in [5, 5.41) is 11.9. The number of aromatic nitrogens is 3. The van der Waals surface area contributed by atoms with Crippen LogP contribution in [0.15, 0.2) is 29.2 Å². The van der Waals surface area contributed by atoms with Gasteiger partial charge in [0, 0.05) is 10.6 Å². The molecule has 10 nitrogen and oxygen atoms in total. The SMILES string of the molecule is CC(N)C(=O)N[C@@H](C)C(=O)NSc1ccc(Nc2n[nH]c(N)n2)cc1. The maximum atomic E-state index is 12.0. The number of nitrogens with zero attached hydrogens (tertiary/aromatic N) is 2. The van der Waals surface area contributed by atoms with Gasteiger partial charge in [-0.05, 0) is 50.1 Å². The standard InChI is InChI=1S/C14H20N8O2S/c1-7(15)11(23)17-8(2)12(24)22-25-10-5-3-9(4-6-10)18-14-19-13(16)20-21-14/h3-8H,15H2,1-2H3,(H,17,23)(H,22,24)(H4,16,18,19,20,21)/t7?,8-/m0/s1. The van der Waals surface area contributed by atoms with Crippen LogP contribution in [0.3, 0.4) is 0 Å². The number of nitrogens with one attached hydrogen (secondary N) is 4. The number of nitrogen functional groups attached to an aromatic ring is 1. The third-order valence-corrected chi connectivity index (χ3v) is 3.86. The molecule has 0 bridgehead atoms. The molecule has 11 heteroatoms. The van der Waals surface area contributed by atoms with Gasteiger partial charge in [-0.1, -0.05) is 0 Å². The predicted molar refractivity (Wildman–Crippen MR) is 95.8 cm³/mol. The lowest BCUT2D eigenvalue weighted by Gasteiger charge is -2.15. The molecule has 1 aromatic heterocycles. The van der Waals surface area contributed by atoms with E-state index in [1.807, 2.05) is 24.3 Å². The van der Waals surface area contributed by atoms with Crippen molar-refractivity contribution in [1.82, 2.24) is 25.2 Å². The normalized spacial score (nSPS) is 12.9. The van der Waals surface area contributed by atoms with Crippen LogP contribution in [0.25, 0.3) is 0 Å². The van der Waals surface area contributed by atoms with Gasteiger partial charge in [0.2, 0.25) is 17.8 Å². The van der Waals surface area contributed by atoms with Crippen LogP contribution < -0.4 is 26.8 Å². The van der Waals surface area contributed by atoms with E-state index in [2.05, 4.69) is 30.5 Å². The second kappa shape index (κ2) is 8.35. The Balaban J connectivity index is 1.82. The average Bonchev–Trinajstić information content (AvgIpc) is 2.98. The van der Waals surface area contributed by atoms with Crippen molar-refractivity contribution in [1.29, 1.82) is 0 Å². The van der Waals surface area contributed by atoms with E-state index >= 15 is 0 Å². The van der Waals surface area contributed by atoms with Gasteiger partial charge < -0.3 is 22.1 Å². The zero-order valence-corrected chi connectivity index (χ0v) is 14.6. The molecule has 2 atom stereocenters.